The molecule has 0 fully saturated rings. The molecule has 0 aliphatic rings. The van der Waals surface area contributed by atoms with E-state index < -0.39 is 0 Å². The third kappa shape index (κ3) is 2.85. The van der Waals surface area contributed by atoms with E-state index in [1.807, 2.05) is 30.1 Å². The standard InChI is InChI=1S/C12H15BrN4/c1-3-17-11(4-5-16-17)8-14-10-6-9(2)12(13)15-7-10/h4-7,14H,3,8H2,1-2H3. The van der Waals surface area contributed by atoms with Gasteiger partial charge in [0.2, 0.25) is 0 Å². The van der Waals surface area contributed by atoms with E-state index in [2.05, 4.69) is 44.3 Å². The van der Waals surface area contributed by atoms with Gasteiger partial charge in [-0.1, -0.05) is 0 Å². The predicted molar refractivity (Wildman–Crippen MR) is 71.9 cm³/mol. The molecule has 0 saturated heterocycles. The monoisotopic (exact) mass is 294 g/mol. The van der Waals surface area contributed by atoms with Crippen LogP contribution in [0.1, 0.15) is 18.2 Å². The molecule has 0 aliphatic heterocycles. The topological polar surface area (TPSA) is 42.7 Å². The van der Waals surface area contributed by atoms with Crippen molar-refractivity contribution in [1.82, 2.24) is 14.8 Å². The van der Waals surface area contributed by atoms with Crippen molar-refractivity contribution in [3.8, 4) is 0 Å². The van der Waals surface area contributed by atoms with E-state index in [0.29, 0.717) is 0 Å². The molecule has 0 aromatic carbocycles. The largest absolute Gasteiger partial charge is 0.378 e. The van der Waals surface area contributed by atoms with Gasteiger partial charge < -0.3 is 5.32 Å². The van der Waals surface area contributed by atoms with Crippen LogP contribution in [-0.4, -0.2) is 14.8 Å². The molecule has 5 heteroatoms. The number of aryl methyl sites for hydroxylation is 2. The van der Waals surface area contributed by atoms with Gasteiger partial charge in [-0.15, -0.1) is 0 Å². The van der Waals surface area contributed by atoms with Gasteiger partial charge in [-0.05, 0) is 47.5 Å². The second-order valence-corrected chi connectivity index (χ2v) is 4.57. The fourth-order valence-electron chi connectivity index (χ4n) is 1.64. The van der Waals surface area contributed by atoms with Gasteiger partial charge in [-0.25, -0.2) is 4.98 Å². The van der Waals surface area contributed by atoms with E-state index in [0.717, 1.165) is 28.9 Å². The van der Waals surface area contributed by atoms with Crippen LogP contribution in [0, 0.1) is 6.92 Å². The number of hydrogen-bond acceptors (Lipinski definition) is 3. The molecule has 2 aromatic heterocycles. The number of halogens is 1. The third-order valence-electron chi connectivity index (χ3n) is 2.59. The number of hydrogen-bond donors (Lipinski definition) is 1. The summed E-state index contributed by atoms with van der Waals surface area (Å²) in [6.45, 7) is 5.76. The summed E-state index contributed by atoms with van der Waals surface area (Å²) in [5.41, 5.74) is 3.32. The summed E-state index contributed by atoms with van der Waals surface area (Å²) in [4.78, 5) is 4.25. The fourth-order valence-corrected chi connectivity index (χ4v) is 1.86. The van der Waals surface area contributed by atoms with Gasteiger partial charge >= 0.3 is 0 Å². The Bertz CT molecular complexity index is 507. The normalized spacial score (nSPS) is 10.5. The molecule has 4 nitrogen and oxygen atoms in total. The highest BCUT2D eigenvalue weighted by Crippen LogP contribution is 2.17. The molecule has 17 heavy (non-hydrogen) atoms. The molecule has 0 spiro atoms. The number of pyridine rings is 1. The summed E-state index contributed by atoms with van der Waals surface area (Å²) in [5, 5.41) is 7.58. The molecule has 2 rings (SSSR count). The molecule has 0 bridgehead atoms. The van der Waals surface area contributed by atoms with E-state index in [1.54, 1.807) is 0 Å². The van der Waals surface area contributed by atoms with E-state index in [1.165, 1.54) is 5.69 Å². The molecule has 2 aromatic rings. The van der Waals surface area contributed by atoms with Gasteiger partial charge in [0.25, 0.3) is 0 Å². The van der Waals surface area contributed by atoms with Crippen LogP contribution in [0.25, 0.3) is 0 Å². The summed E-state index contributed by atoms with van der Waals surface area (Å²) in [7, 11) is 0. The Balaban J connectivity index is 2.05. The maximum absolute atomic E-state index is 4.25. The molecule has 0 atom stereocenters. The lowest BCUT2D eigenvalue weighted by Crippen LogP contribution is -2.08. The van der Waals surface area contributed by atoms with Crippen molar-refractivity contribution < 1.29 is 0 Å². The van der Waals surface area contributed by atoms with Gasteiger partial charge in [-0.2, -0.15) is 5.10 Å². The van der Waals surface area contributed by atoms with Crippen molar-refractivity contribution in [3.05, 3.63) is 40.4 Å². The van der Waals surface area contributed by atoms with Gasteiger partial charge in [0, 0.05) is 12.7 Å². The molecule has 0 saturated carbocycles. The SMILES string of the molecule is CCn1nccc1CNc1cnc(Br)c(C)c1. The van der Waals surface area contributed by atoms with Gasteiger partial charge in [-0.3, -0.25) is 4.68 Å². The Labute approximate surface area is 109 Å². The molecule has 0 amide bonds. The van der Waals surface area contributed by atoms with Crippen LogP contribution in [0.4, 0.5) is 5.69 Å². The Kier molecular flexibility index (Phi) is 3.78. The fraction of sp³-hybridized carbons (Fsp3) is 0.333. The van der Waals surface area contributed by atoms with E-state index >= 15 is 0 Å². The summed E-state index contributed by atoms with van der Waals surface area (Å²) in [5.74, 6) is 0. The van der Waals surface area contributed by atoms with Crippen molar-refractivity contribution in [1.29, 1.82) is 0 Å². The summed E-state index contributed by atoms with van der Waals surface area (Å²) in [6, 6.07) is 4.10. The van der Waals surface area contributed by atoms with E-state index in [-0.39, 0.29) is 0 Å². The number of aromatic nitrogens is 3. The first-order valence-electron chi connectivity index (χ1n) is 5.57. The quantitative estimate of drug-likeness (QED) is 0.882. The van der Waals surface area contributed by atoms with Crippen LogP contribution in [-0.2, 0) is 13.1 Å². The minimum absolute atomic E-state index is 0.761. The molecule has 0 unspecified atom stereocenters. The van der Waals surface area contributed by atoms with Gasteiger partial charge in [0.1, 0.15) is 4.60 Å². The smallest absolute Gasteiger partial charge is 0.109 e. The van der Waals surface area contributed by atoms with Crippen LogP contribution in [0.3, 0.4) is 0 Å². The highest BCUT2D eigenvalue weighted by atomic mass is 79.9. The third-order valence-corrected chi connectivity index (χ3v) is 3.42. The zero-order valence-electron chi connectivity index (χ0n) is 9.94. The average molecular weight is 295 g/mol. The number of anilines is 1. The van der Waals surface area contributed by atoms with Gasteiger partial charge in [0.05, 0.1) is 24.1 Å². The zero-order chi connectivity index (χ0) is 12.3. The Hall–Kier alpha value is -1.36. The Morgan fingerprint density at radius 1 is 1.47 bits per heavy atom. The molecule has 0 aliphatic carbocycles. The van der Waals surface area contributed by atoms with Crippen LogP contribution in [0.5, 0.6) is 0 Å². The zero-order valence-corrected chi connectivity index (χ0v) is 11.5. The second-order valence-electron chi connectivity index (χ2n) is 3.82. The van der Waals surface area contributed by atoms with Crippen LogP contribution in [0.2, 0.25) is 0 Å². The minimum atomic E-state index is 0.761. The van der Waals surface area contributed by atoms with Crippen molar-refractivity contribution in [2.24, 2.45) is 0 Å². The second kappa shape index (κ2) is 5.31. The number of rotatable bonds is 4. The lowest BCUT2D eigenvalue weighted by Gasteiger charge is -2.08. The predicted octanol–water partition coefficient (Wildman–Crippen LogP) is 2.98. The maximum atomic E-state index is 4.25. The number of nitrogens with one attached hydrogen (secondary N) is 1. The van der Waals surface area contributed by atoms with E-state index in [9.17, 15) is 0 Å². The Morgan fingerprint density at radius 3 is 3.00 bits per heavy atom. The first kappa shape index (κ1) is 12.1. The molecular formula is C12H15BrN4. The minimum Gasteiger partial charge on any atom is -0.378 e. The molecular weight excluding hydrogens is 280 g/mol. The Morgan fingerprint density at radius 2 is 2.29 bits per heavy atom. The van der Waals surface area contributed by atoms with Crippen molar-refractivity contribution in [2.75, 3.05) is 5.32 Å². The highest BCUT2D eigenvalue weighted by Gasteiger charge is 2.02. The van der Waals surface area contributed by atoms with Crippen molar-refractivity contribution in [3.63, 3.8) is 0 Å². The summed E-state index contributed by atoms with van der Waals surface area (Å²) < 4.78 is 2.87. The van der Waals surface area contributed by atoms with Crippen molar-refractivity contribution in [2.45, 2.75) is 26.9 Å². The van der Waals surface area contributed by atoms with Crippen LogP contribution in [0.15, 0.2) is 29.1 Å². The van der Waals surface area contributed by atoms with Crippen molar-refractivity contribution >= 4 is 21.6 Å². The van der Waals surface area contributed by atoms with E-state index in [4.69, 9.17) is 0 Å². The first-order valence-corrected chi connectivity index (χ1v) is 6.36. The van der Waals surface area contributed by atoms with Gasteiger partial charge in [0.15, 0.2) is 0 Å². The first-order chi connectivity index (χ1) is 8.20. The lowest BCUT2D eigenvalue weighted by molar-refractivity contribution is 0.627. The summed E-state index contributed by atoms with van der Waals surface area (Å²) >= 11 is 3.39. The molecule has 1 N–H and O–H groups in total. The van der Waals surface area contributed by atoms with Crippen LogP contribution < -0.4 is 5.32 Å². The maximum Gasteiger partial charge on any atom is 0.109 e. The molecule has 2 heterocycles. The van der Waals surface area contributed by atoms with Crippen LogP contribution >= 0.6 is 15.9 Å². The molecule has 90 valence electrons. The molecule has 0 radical (unpaired) electrons. The lowest BCUT2D eigenvalue weighted by atomic mass is 10.3. The highest BCUT2D eigenvalue weighted by molar-refractivity contribution is 9.10. The summed E-state index contributed by atoms with van der Waals surface area (Å²) in [6.07, 6.45) is 3.65. The average Bonchev–Trinajstić information content (AvgIpc) is 2.78. The number of nitrogens with zero attached hydrogens (tertiary/aromatic N) is 3.